The summed E-state index contributed by atoms with van der Waals surface area (Å²) in [5.41, 5.74) is 4.13. The van der Waals surface area contributed by atoms with E-state index in [0.717, 1.165) is 5.56 Å². The molecule has 0 aliphatic rings. The molecule has 0 unspecified atom stereocenters. The molecule has 4 heteroatoms. The van der Waals surface area contributed by atoms with Gasteiger partial charge < -0.3 is 10.6 Å². The van der Waals surface area contributed by atoms with Gasteiger partial charge in [-0.05, 0) is 47.7 Å². The molecule has 0 heterocycles. The molecule has 0 atom stereocenters. The standard InChI is InChI=1S/C20H24N2O2/c1-13-6-11-17(12-18(13)21-14(2)23)22-19(24)15-7-9-16(10-8-15)20(3,4)5/h6-12H,1-5H3,(H,21,23)(H,22,24). The molecule has 0 aromatic heterocycles. The van der Waals surface area contributed by atoms with E-state index >= 15 is 0 Å². The second-order valence-electron chi connectivity index (χ2n) is 6.99. The smallest absolute Gasteiger partial charge is 0.255 e. The molecule has 0 spiro atoms. The predicted octanol–water partition coefficient (Wildman–Crippen LogP) is 4.50. The van der Waals surface area contributed by atoms with Crippen molar-refractivity contribution in [2.24, 2.45) is 0 Å². The van der Waals surface area contributed by atoms with Crippen LogP contribution in [0.3, 0.4) is 0 Å². The second kappa shape index (κ2) is 6.87. The van der Waals surface area contributed by atoms with Gasteiger partial charge in [-0.3, -0.25) is 9.59 Å². The van der Waals surface area contributed by atoms with Crippen molar-refractivity contribution in [2.45, 2.75) is 40.0 Å². The third kappa shape index (κ3) is 4.44. The van der Waals surface area contributed by atoms with Crippen LogP contribution >= 0.6 is 0 Å². The molecule has 2 rings (SSSR count). The van der Waals surface area contributed by atoms with Crippen LogP contribution in [0.25, 0.3) is 0 Å². The van der Waals surface area contributed by atoms with Gasteiger partial charge in [0.1, 0.15) is 0 Å². The fourth-order valence-corrected chi connectivity index (χ4v) is 2.35. The number of carbonyl (C=O) groups excluding carboxylic acids is 2. The summed E-state index contributed by atoms with van der Waals surface area (Å²) in [4.78, 5) is 23.6. The molecule has 24 heavy (non-hydrogen) atoms. The average molecular weight is 324 g/mol. The molecule has 0 radical (unpaired) electrons. The summed E-state index contributed by atoms with van der Waals surface area (Å²) < 4.78 is 0. The molecule has 2 aromatic carbocycles. The summed E-state index contributed by atoms with van der Waals surface area (Å²) in [5, 5.41) is 5.63. The molecule has 4 nitrogen and oxygen atoms in total. The largest absolute Gasteiger partial charge is 0.326 e. The van der Waals surface area contributed by atoms with Gasteiger partial charge in [0.05, 0.1) is 0 Å². The predicted molar refractivity (Wildman–Crippen MR) is 98.6 cm³/mol. The minimum Gasteiger partial charge on any atom is -0.326 e. The molecular weight excluding hydrogens is 300 g/mol. The van der Waals surface area contributed by atoms with Crippen molar-refractivity contribution in [1.29, 1.82) is 0 Å². The molecule has 2 amide bonds. The number of rotatable bonds is 3. The SMILES string of the molecule is CC(=O)Nc1cc(NC(=O)c2ccc(C(C)(C)C)cc2)ccc1C. The summed E-state index contributed by atoms with van der Waals surface area (Å²) in [6, 6.07) is 13.1. The van der Waals surface area contributed by atoms with E-state index in [1.165, 1.54) is 12.5 Å². The maximum atomic E-state index is 12.4. The Morgan fingerprint density at radius 2 is 1.54 bits per heavy atom. The van der Waals surface area contributed by atoms with Crippen molar-refractivity contribution in [3.8, 4) is 0 Å². The Bertz CT molecular complexity index is 756. The number of aryl methyl sites for hydroxylation is 1. The molecule has 2 aromatic rings. The number of amides is 2. The summed E-state index contributed by atoms with van der Waals surface area (Å²) in [6.07, 6.45) is 0. The number of hydrogen-bond donors (Lipinski definition) is 2. The maximum absolute atomic E-state index is 12.4. The van der Waals surface area contributed by atoms with Gasteiger partial charge in [-0.25, -0.2) is 0 Å². The van der Waals surface area contributed by atoms with Crippen LogP contribution in [-0.2, 0) is 10.2 Å². The quantitative estimate of drug-likeness (QED) is 0.873. The van der Waals surface area contributed by atoms with Crippen molar-refractivity contribution in [3.05, 3.63) is 59.2 Å². The van der Waals surface area contributed by atoms with Crippen LogP contribution in [-0.4, -0.2) is 11.8 Å². The highest BCUT2D eigenvalue weighted by molar-refractivity contribution is 6.04. The number of carbonyl (C=O) groups is 2. The molecule has 2 N–H and O–H groups in total. The normalized spacial score (nSPS) is 11.0. The number of anilines is 2. The molecule has 0 saturated heterocycles. The van der Waals surface area contributed by atoms with Gasteiger partial charge in [-0.2, -0.15) is 0 Å². The Morgan fingerprint density at radius 3 is 2.08 bits per heavy atom. The van der Waals surface area contributed by atoms with Gasteiger partial charge in [-0.1, -0.05) is 39.0 Å². The lowest BCUT2D eigenvalue weighted by Gasteiger charge is -2.19. The fourth-order valence-electron chi connectivity index (χ4n) is 2.35. The highest BCUT2D eigenvalue weighted by Gasteiger charge is 2.14. The molecule has 0 bridgehead atoms. The van der Waals surface area contributed by atoms with Crippen molar-refractivity contribution < 1.29 is 9.59 Å². The molecular formula is C20H24N2O2. The zero-order chi connectivity index (χ0) is 17.9. The van der Waals surface area contributed by atoms with E-state index in [0.29, 0.717) is 16.9 Å². The highest BCUT2D eigenvalue weighted by Crippen LogP contribution is 2.23. The van der Waals surface area contributed by atoms with Gasteiger partial charge >= 0.3 is 0 Å². The summed E-state index contributed by atoms with van der Waals surface area (Å²) in [5.74, 6) is -0.313. The minimum atomic E-state index is -0.173. The lowest BCUT2D eigenvalue weighted by atomic mass is 9.87. The first-order valence-electron chi connectivity index (χ1n) is 7.97. The van der Waals surface area contributed by atoms with Crippen LogP contribution < -0.4 is 10.6 Å². The Balaban J connectivity index is 2.16. The number of hydrogen-bond acceptors (Lipinski definition) is 2. The van der Waals surface area contributed by atoms with Crippen LogP contribution in [0.1, 0.15) is 49.2 Å². The molecule has 0 aliphatic heterocycles. The third-order valence-corrected chi connectivity index (χ3v) is 3.82. The van der Waals surface area contributed by atoms with Crippen molar-refractivity contribution >= 4 is 23.2 Å². The van der Waals surface area contributed by atoms with Crippen LogP contribution in [0.15, 0.2) is 42.5 Å². The van der Waals surface area contributed by atoms with E-state index in [-0.39, 0.29) is 17.2 Å². The Morgan fingerprint density at radius 1 is 0.917 bits per heavy atom. The first kappa shape index (κ1) is 17.7. The molecule has 0 aliphatic carbocycles. The van der Waals surface area contributed by atoms with Crippen LogP contribution in [0.2, 0.25) is 0 Å². The number of benzene rings is 2. The van der Waals surface area contributed by atoms with Crippen LogP contribution in [0.4, 0.5) is 11.4 Å². The highest BCUT2D eigenvalue weighted by atomic mass is 16.2. The van der Waals surface area contributed by atoms with Crippen molar-refractivity contribution in [1.82, 2.24) is 0 Å². The van der Waals surface area contributed by atoms with Gasteiger partial charge in [0.25, 0.3) is 5.91 Å². The lowest BCUT2D eigenvalue weighted by Crippen LogP contribution is -2.15. The second-order valence-corrected chi connectivity index (χ2v) is 6.99. The summed E-state index contributed by atoms with van der Waals surface area (Å²) in [6.45, 7) is 9.78. The van der Waals surface area contributed by atoms with E-state index in [1.54, 1.807) is 6.07 Å². The first-order chi connectivity index (χ1) is 11.2. The number of nitrogens with one attached hydrogen (secondary N) is 2. The summed E-state index contributed by atoms with van der Waals surface area (Å²) >= 11 is 0. The maximum Gasteiger partial charge on any atom is 0.255 e. The Labute approximate surface area is 143 Å². The fraction of sp³-hybridized carbons (Fsp3) is 0.300. The van der Waals surface area contributed by atoms with E-state index in [1.807, 2.05) is 43.3 Å². The zero-order valence-corrected chi connectivity index (χ0v) is 14.9. The molecule has 0 saturated carbocycles. The molecule has 126 valence electrons. The van der Waals surface area contributed by atoms with Gasteiger partial charge in [-0.15, -0.1) is 0 Å². The van der Waals surface area contributed by atoms with Gasteiger partial charge in [0.2, 0.25) is 5.91 Å². The topological polar surface area (TPSA) is 58.2 Å². The minimum absolute atomic E-state index is 0.0548. The monoisotopic (exact) mass is 324 g/mol. The molecule has 0 fully saturated rings. The Hall–Kier alpha value is -2.62. The van der Waals surface area contributed by atoms with Crippen molar-refractivity contribution in [2.75, 3.05) is 10.6 Å². The van der Waals surface area contributed by atoms with Crippen LogP contribution in [0.5, 0.6) is 0 Å². The van der Waals surface area contributed by atoms with Gasteiger partial charge in [0.15, 0.2) is 0 Å². The van der Waals surface area contributed by atoms with E-state index < -0.39 is 0 Å². The zero-order valence-electron chi connectivity index (χ0n) is 14.9. The van der Waals surface area contributed by atoms with E-state index in [9.17, 15) is 9.59 Å². The average Bonchev–Trinajstić information content (AvgIpc) is 2.49. The van der Waals surface area contributed by atoms with Gasteiger partial charge in [0, 0.05) is 23.9 Å². The lowest BCUT2D eigenvalue weighted by molar-refractivity contribution is -0.114. The summed E-state index contributed by atoms with van der Waals surface area (Å²) in [7, 11) is 0. The Kier molecular flexibility index (Phi) is 5.07. The van der Waals surface area contributed by atoms with Crippen molar-refractivity contribution in [3.63, 3.8) is 0 Å². The van der Waals surface area contributed by atoms with Crippen LogP contribution in [0, 0.1) is 6.92 Å². The first-order valence-corrected chi connectivity index (χ1v) is 7.97. The third-order valence-electron chi connectivity index (χ3n) is 3.82. The van der Waals surface area contributed by atoms with E-state index in [2.05, 4.69) is 31.4 Å². The van der Waals surface area contributed by atoms with E-state index in [4.69, 9.17) is 0 Å².